The Balaban J connectivity index is 1.74. The number of hydrogen-bond donors (Lipinski definition) is 1. The molecule has 3 aromatic rings. The second kappa shape index (κ2) is 7.27. The first kappa shape index (κ1) is 16.2. The van der Waals surface area contributed by atoms with Crippen LogP contribution in [0.25, 0.3) is 0 Å². The van der Waals surface area contributed by atoms with E-state index >= 15 is 0 Å². The van der Waals surface area contributed by atoms with Gasteiger partial charge in [0.1, 0.15) is 11.5 Å². The number of nitrogens with one attached hydrogen (secondary N) is 1. The molecular weight excluding hydrogens is 320 g/mol. The molecule has 24 heavy (non-hydrogen) atoms. The Kier molecular flexibility index (Phi) is 4.91. The summed E-state index contributed by atoms with van der Waals surface area (Å²) in [5, 5.41) is 3.95. The van der Waals surface area contributed by atoms with Gasteiger partial charge in [-0.1, -0.05) is 30.3 Å². The molecule has 0 saturated heterocycles. The van der Waals surface area contributed by atoms with Gasteiger partial charge in [-0.05, 0) is 38.1 Å². The molecular formula is C19H18N2O2S. The molecule has 0 unspecified atom stereocenters. The van der Waals surface area contributed by atoms with Crippen molar-refractivity contribution in [2.45, 2.75) is 20.4 Å². The van der Waals surface area contributed by atoms with Crippen molar-refractivity contribution in [1.82, 2.24) is 10.3 Å². The number of rotatable bonds is 5. The number of aromatic nitrogens is 1. The van der Waals surface area contributed by atoms with Gasteiger partial charge >= 0.3 is 0 Å². The van der Waals surface area contributed by atoms with Crippen LogP contribution in [0.4, 0.5) is 0 Å². The average Bonchev–Trinajstić information content (AvgIpc) is 2.91. The minimum Gasteiger partial charge on any atom is -0.457 e. The molecule has 1 N–H and O–H groups in total. The van der Waals surface area contributed by atoms with Crippen molar-refractivity contribution in [3.8, 4) is 11.5 Å². The first-order chi connectivity index (χ1) is 11.6. The number of amides is 1. The Morgan fingerprint density at radius 2 is 1.79 bits per heavy atom. The fourth-order valence-electron chi connectivity index (χ4n) is 2.35. The van der Waals surface area contributed by atoms with Crippen LogP contribution in [0.15, 0.2) is 54.6 Å². The molecule has 0 aliphatic heterocycles. The molecule has 0 saturated carbocycles. The van der Waals surface area contributed by atoms with Crippen LogP contribution in [0, 0.1) is 13.8 Å². The van der Waals surface area contributed by atoms with E-state index in [-0.39, 0.29) is 5.91 Å². The van der Waals surface area contributed by atoms with E-state index in [0.29, 0.717) is 23.6 Å². The van der Waals surface area contributed by atoms with Gasteiger partial charge in [-0.15, -0.1) is 11.3 Å². The lowest BCUT2D eigenvalue weighted by atomic mass is 10.2. The number of carbonyl (C=O) groups is 1. The summed E-state index contributed by atoms with van der Waals surface area (Å²) in [6.45, 7) is 4.39. The van der Waals surface area contributed by atoms with Crippen LogP contribution < -0.4 is 10.1 Å². The maximum absolute atomic E-state index is 12.5. The first-order valence-electron chi connectivity index (χ1n) is 7.66. The summed E-state index contributed by atoms with van der Waals surface area (Å²) in [5.74, 6) is 1.08. The Bertz CT molecular complexity index is 844. The number of hydrogen-bond acceptors (Lipinski definition) is 4. The van der Waals surface area contributed by atoms with Gasteiger partial charge in [-0.25, -0.2) is 4.98 Å². The smallest absolute Gasteiger partial charge is 0.255 e. The van der Waals surface area contributed by atoms with Gasteiger partial charge in [-0.2, -0.15) is 0 Å². The Morgan fingerprint density at radius 1 is 1.08 bits per heavy atom. The second-order valence-corrected chi connectivity index (χ2v) is 6.62. The SMILES string of the molecule is Cc1nc(C)c(CNC(=O)c2ccccc2Oc2ccccc2)s1. The summed E-state index contributed by atoms with van der Waals surface area (Å²) in [6, 6.07) is 16.7. The zero-order valence-electron chi connectivity index (χ0n) is 13.6. The highest BCUT2D eigenvalue weighted by Crippen LogP contribution is 2.25. The third-order valence-corrected chi connectivity index (χ3v) is 4.58. The summed E-state index contributed by atoms with van der Waals surface area (Å²) < 4.78 is 5.84. The number of para-hydroxylation sites is 2. The van der Waals surface area contributed by atoms with Crippen molar-refractivity contribution in [3.05, 3.63) is 75.7 Å². The van der Waals surface area contributed by atoms with Crippen molar-refractivity contribution in [3.63, 3.8) is 0 Å². The molecule has 1 amide bonds. The van der Waals surface area contributed by atoms with Gasteiger partial charge in [0.25, 0.3) is 5.91 Å². The highest BCUT2D eigenvalue weighted by Gasteiger charge is 2.14. The average molecular weight is 338 g/mol. The lowest BCUT2D eigenvalue weighted by molar-refractivity contribution is 0.0949. The van der Waals surface area contributed by atoms with Crippen molar-refractivity contribution in [2.24, 2.45) is 0 Å². The topological polar surface area (TPSA) is 51.2 Å². The molecule has 2 aromatic carbocycles. The van der Waals surface area contributed by atoms with Crippen molar-refractivity contribution < 1.29 is 9.53 Å². The number of aryl methyl sites for hydroxylation is 2. The summed E-state index contributed by atoms with van der Waals surface area (Å²) >= 11 is 1.60. The molecule has 0 atom stereocenters. The standard InChI is InChI=1S/C19H18N2O2S/c1-13-18(24-14(2)21-13)12-20-19(22)16-10-6-7-11-17(16)23-15-8-4-3-5-9-15/h3-11H,12H2,1-2H3,(H,20,22). The molecule has 1 heterocycles. The summed E-state index contributed by atoms with van der Waals surface area (Å²) in [4.78, 5) is 18.0. The van der Waals surface area contributed by atoms with E-state index in [9.17, 15) is 4.79 Å². The number of nitrogens with zero attached hydrogens (tertiary/aromatic N) is 1. The molecule has 0 aliphatic carbocycles. The molecule has 4 nitrogen and oxygen atoms in total. The van der Waals surface area contributed by atoms with Crippen LogP contribution in [-0.4, -0.2) is 10.9 Å². The van der Waals surface area contributed by atoms with Gasteiger partial charge in [0.05, 0.1) is 22.8 Å². The van der Waals surface area contributed by atoms with E-state index in [4.69, 9.17) is 4.74 Å². The van der Waals surface area contributed by atoms with Gasteiger partial charge in [0.15, 0.2) is 0 Å². The normalized spacial score (nSPS) is 10.4. The van der Waals surface area contributed by atoms with E-state index in [2.05, 4.69) is 10.3 Å². The number of benzene rings is 2. The zero-order valence-corrected chi connectivity index (χ0v) is 14.4. The summed E-state index contributed by atoms with van der Waals surface area (Å²) in [5.41, 5.74) is 1.48. The van der Waals surface area contributed by atoms with Crippen LogP contribution in [0.3, 0.4) is 0 Å². The monoisotopic (exact) mass is 338 g/mol. The largest absolute Gasteiger partial charge is 0.457 e. The molecule has 1 aromatic heterocycles. The lowest BCUT2D eigenvalue weighted by Crippen LogP contribution is -2.23. The minimum absolute atomic E-state index is 0.160. The lowest BCUT2D eigenvalue weighted by Gasteiger charge is -2.11. The van der Waals surface area contributed by atoms with E-state index < -0.39 is 0 Å². The van der Waals surface area contributed by atoms with E-state index in [0.717, 1.165) is 15.6 Å². The molecule has 5 heteroatoms. The molecule has 0 bridgehead atoms. The molecule has 0 spiro atoms. The Hall–Kier alpha value is -2.66. The number of carbonyl (C=O) groups excluding carboxylic acids is 1. The molecule has 0 radical (unpaired) electrons. The van der Waals surface area contributed by atoms with Crippen LogP contribution in [0.1, 0.15) is 25.9 Å². The molecule has 3 rings (SSSR count). The van der Waals surface area contributed by atoms with E-state index in [1.54, 1.807) is 23.5 Å². The highest BCUT2D eigenvalue weighted by molar-refractivity contribution is 7.11. The maximum atomic E-state index is 12.5. The van der Waals surface area contributed by atoms with Crippen LogP contribution in [0.5, 0.6) is 11.5 Å². The first-order valence-corrected chi connectivity index (χ1v) is 8.48. The number of thiazole rings is 1. The van der Waals surface area contributed by atoms with E-state index in [1.165, 1.54) is 0 Å². The number of ether oxygens (including phenoxy) is 1. The van der Waals surface area contributed by atoms with Gasteiger partial charge < -0.3 is 10.1 Å². The maximum Gasteiger partial charge on any atom is 0.255 e. The van der Waals surface area contributed by atoms with Crippen LogP contribution in [-0.2, 0) is 6.54 Å². The zero-order chi connectivity index (χ0) is 16.9. The van der Waals surface area contributed by atoms with Crippen LogP contribution in [0.2, 0.25) is 0 Å². The molecule has 0 fully saturated rings. The third-order valence-electron chi connectivity index (χ3n) is 3.51. The van der Waals surface area contributed by atoms with Crippen molar-refractivity contribution >= 4 is 17.2 Å². The quantitative estimate of drug-likeness (QED) is 0.746. The predicted molar refractivity (Wildman–Crippen MR) is 95.7 cm³/mol. The summed E-state index contributed by atoms with van der Waals surface area (Å²) in [6.07, 6.45) is 0. The second-order valence-electron chi connectivity index (χ2n) is 5.34. The third kappa shape index (κ3) is 3.81. The van der Waals surface area contributed by atoms with Gasteiger partial charge in [-0.3, -0.25) is 4.79 Å². The minimum atomic E-state index is -0.160. The van der Waals surface area contributed by atoms with Crippen molar-refractivity contribution in [2.75, 3.05) is 0 Å². The van der Waals surface area contributed by atoms with Crippen LogP contribution >= 0.6 is 11.3 Å². The fourth-order valence-corrected chi connectivity index (χ4v) is 3.23. The molecule has 122 valence electrons. The summed E-state index contributed by atoms with van der Waals surface area (Å²) in [7, 11) is 0. The molecule has 0 aliphatic rings. The van der Waals surface area contributed by atoms with Crippen molar-refractivity contribution in [1.29, 1.82) is 0 Å². The van der Waals surface area contributed by atoms with Gasteiger partial charge in [0.2, 0.25) is 0 Å². The fraction of sp³-hybridized carbons (Fsp3) is 0.158. The van der Waals surface area contributed by atoms with E-state index in [1.807, 2.05) is 56.3 Å². The Labute approximate surface area is 145 Å². The Morgan fingerprint density at radius 3 is 2.50 bits per heavy atom. The highest BCUT2D eigenvalue weighted by atomic mass is 32.1. The predicted octanol–water partition coefficient (Wildman–Crippen LogP) is 4.48. The van der Waals surface area contributed by atoms with Gasteiger partial charge in [0, 0.05) is 4.88 Å².